The van der Waals surface area contributed by atoms with Crippen LogP contribution < -0.4 is 0 Å². The Morgan fingerprint density at radius 1 is 1.53 bits per heavy atom. The Morgan fingerprint density at radius 3 is 2.87 bits per heavy atom. The number of thioether (sulfide) groups is 1. The van der Waals surface area contributed by atoms with Crippen LogP contribution >= 0.6 is 11.8 Å². The van der Waals surface area contributed by atoms with Crippen molar-refractivity contribution in [2.45, 2.75) is 31.8 Å². The van der Waals surface area contributed by atoms with Crippen LogP contribution in [0.4, 0.5) is 0 Å². The summed E-state index contributed by atoms with van der Waals surface area (Å²) in [6, 6.07) is 0. The van der Waals surface area contributed by atoms with Crippen LogP contribution in [0.5, 0.6) is 0 Å². The second-order valence-electron chi connectivity index (χ2n) is 4.04. The van der Waals surface area contributed by atoms with E-state index in [2.05, 4.69) is 9.89 Å². The number of nitrogens with zero attached hydrogens (tertiary/aromatic N) is 3. The van der Waals surface area contributed by atoms with Gasteiger partial charge in [0.25, 0.3) is 0 Å². The number of nitriles is 1. The van der Waals surface area contributed by atoms with Crippen molar-refractivity contribution in [3.63, 3.8) is 0 Å². The van der Waals surface area contributed by atoms with Crippen molar-refractivity contribution in [3.05, 3.63) is 0 Å². The Hall–Kier alpha value is -0.730. The molecule has 0 aliphatic carbocycles. The fourth-order valence-corrected chi connectivity index (χ4v) is 2.32. The van der Waals surface area contributed by atoms with Gasteiger partial charge in [0, 0.05) is 13.1 Å². The Kier molecular flexibility index (Phi) is 4.43. The second-order valence-corrected chi connectivity index (χ2v) is 4.81. The van der Waals surface area contributed by atoms with E-state index < -0.39 is 5.60 Å². The molecule has 0 saturated carbocycles. The van der Waals surface area contributed by atoms with Gasteiger partial charge in [0.2, 0.25) is 6.19 Å². The maximum absolute atomic E-state index is 9.92. The Bertz CT molecular complexity index is 283. The molecule has 0 spiro atoms. The Morgan fingerprint density at radius 2 is 2.27 bits per heavy atom. The van der Waals surface area contributed by atoms with E-state index in [1.165, 1.54) is 11.8 Å². The molecule has 5 heteroatoms. The van der Waals surface area contributed by atoms with Crippen molar-refractivity contribution in [2.24, 2.45) is 4.99 Å². The van der Waals surface area contributed by atoms with E-state index in [1.54, 1.807) is 0 Å². The lowest BCUT2D eigenvalue weighted by Gasteiger charge is -2.23. The summed E-state index contributed by atoms with van der Waals surface area (Å²) >= 11 is 1.48. The third-order valence-electron chi connectivity index (χ3n) is 2.66. The van der Waals surface area contributed by atoms with Crippen molar-refractivity contribution in [3.8, 4) is 6.19 Å². The summed E-state index contributed by atoms with van der Waals surface area (Å²) in [5.41, 5.74) is -0.565. The fourth-order valence-electron chi connectivity index (χ4n) is 1.74. The molecule has 15 heavy (non-hydrogen) atoms. The molecule has 0 aromatic carbocycles. The van der Waals surface area contributed by atoms with E-state index in [-0.39, 0.29) is 0 Å². The van der Waals surface area contributed by atoms with Crippen LogP contribution in [0.15, 0.2) is 4.99 Å². The fraction of sp³-hybridized carbons (Fsp3) is 0.800. The van der Waals surface area contributed by atoms with Gasteiger partial charge in [0.15, 0.2) is 5.17 Å². The molecule has 84 valence electrons. The maximum Gasteiger partial charge on any atom is 0.208 e. The summed E-state index contributed by atoms with van der Waals surface area (Å²) in [4.78, 5) is 5.86. The first-order valence-corrected chi connectivity index (χ1v) is 6.29. The molecular weight excluding hydrogens is 210 g/mol. The van der Waals surface area contributed by atoms with Crippen molar-refractivity contribution in [1.82, 2.24) is 4.90 Å². The number of amidine groups is 1. The minimum Gasteiger partial charge on any atom is -0.390 e. The molecule has 1 atom stereocenters. The van der Waals surface area contributed by atoms with Gasteiger partial charge < -0.3 is 10.0 Å². The molecule has 4 nitrogen and oxygen atoms in total. The number of hydrogen-bond acceptors (Lipinski definition) is 4. The summed E-state index contributed by atoms with van der Waals surface area (Å²) in [7, 11) is 0. The second kappa shape index (κ2) is 5.38. The predicted molar refractivity (Wildman–Crippen MR) is 62.6 cm³/mol. The average molecular weight is 227 g/mol. The number of likely N-dealkylation sites (tertiary alicyclic amines) is 1. The first-order valence-electron chi connectivity index (χ1n) is 5.07. The van der Waals surface area contributed by atoms with Crippen LogP contribution in [0.3, 0.4) is 0 Å². The summed E-state index contributed by atoms with van der Waals surface area (Å²) in [6.07, 6.45) is 6.23. The smallest absolute Gasteiger partial charge is 0.208 e. The van der Waals surface area contributed by atoms with Gasteiger partial charge in [-0.05, 0) is 32.4 Å². The van der Waals surface area contributed by atoms with E-state index in [9.17, 15) is 5.11 Å². The van der Waals surface area contributed by atoms with Gasteiger partial charge in [-0.1, -0.05) is 11.8 Å². The lowest BCUT2D eigenvalue weighted by atomic mass is 9.98. The molecule has 1 aliphatic rings. The number of rotatable bonds is 0. The summed E-state index contributed by atoms with van der Waals surface area (Å²) < 4.78 is 0. The first-order chi connectivity index (χ1) is 7.09. The standard InChI is InChI=1S/C10H17N3OS/c1-10(14)4-3-6-13(7-5-10)9(15-2)12-8-11/h14H,3-7H2,1-2H3. The van der Waals surface area contributed by atoms with Gasteiger partial charge in [-0.2, -0.15) is 5.26 Å². The minimum atomic E-state index is -0.565. The van der Waals surface area contributed by atoms with E-state index >= 15 is 0 Å². The molecule has 1 rings (SSSR count). The first kappa shape index (κ1) is 12.3. The summed E-state index contributed by atoms with van der Waals surface area (Å²) in [5, 5.41) is 19.2. The summed E-state index contributed by atoms with van der Waals surface area (Å²) in [6.45, 7) is 3.52. The van der Waals surface area contributed by atoms with Gasteiger partial charge in [0.1, 0.15) is 0 Å². The molecule has 0 aromatic rings. The van der Waals surface area contributed by atoms with E-state index in [4.69, 9.17) is 5.26 Å². The highest BCUT2D eigenvalue weighted by Crippen LogP contribution is 2.22. The average Bonchev–Trinajstić information content (AvgIpc) is 2.36. The molecule has 1 heterocycles. The highest BCUT2D eigenvalue weighted by atomic mass is 32.2. The zero-order chi connectivity index (χ0) is 11.3. The number of hydrogen-bond donors (Lipinski definition) is 1. The molecule has 1 fully saturated rings. The zero-order valence-corrected chi connectivity index (χ0v) is 10.0. The predicted octanol–water partition coefficient (Wildman–Crippen LogP) is 1.42. The van der Waals surface area contributed by atoms with E-state index in [0.717, 1.165) is 37.5 Å². The van der Waals surface area contributed by atoms with Crippen molar-refractivity contribution < 1.29 is 5.11 Å². The molecule has 1 N–H and O–H groups in total. The van der Waals surface area contributed by atoms with E-state index in [1.807, 2.05) is 19.4 Å². The van der Waals surface area contributed by atoms with Gasteiger partial charge in [0.05, 0.1) is 5.60 Å². The molecule has 0 amide bonds. The van der Waals surface area contributed by atoms with Gasteiger partial charge >= 0.3 is 0 Å². The SMILES string of the molecule is CSC(=NC#N)N1CCCC(C)(O)CC1. The van der Waals surface area contributed by atoms with Crippen molar-refractivity contribution in [1.29, 1.82) is 5.26 Å². The third-order valence-corrected chi connectivity index (χ3v) is 3.38. The Labute approximate surface area is 95.0 Å². The van der Waals surface area contributed by atoms with Crippen LogP contribution in [-0.2, 0) is 0 Å². The largest absolute Gasteiger partial charge is 0.390 e. The molecule has 0 aromatic heterocycles. The summed E-state index contributed by atoms with van der Waals surface area (Å²) in [5.74, 6) is 0. The molecular formula is C10H17N3OS. The van der Waals surface area contributed by atoms with Crippen LogP contribution in [0.25, 0.3) is 0 Å². The number of aliphatic imine (C=N–C) groups is 1. The topological polar surface area (TPSA) is 59.6 Å². The Balaban J connectivity index is 2.65. The van der Waals surface area contributed by atoms with Crippen LogP contribution in [0.2, 0.25) is 0 Å². The normalized spacial score (nSPS) is 28.4. The molecule has 1 saturated heterocycles. The lowest BCUT2D eigenvalue weighted by Crippen LogP contribution is -2.31. The molecule has 0 radical (unpaired) electrons. The van der Waals surface area contributed by atoms with Crippen LogP contribution in [0.1, 0.15) is 26.2 Å². The highest BCUT2D eigenvalue weighted by Gasteiger charge is 2.26. The maximum atomic E-state index is 9.92. The third kappa shape index (κ3) is 3.73. The van der Waals surface area contributed by atoms with E-state index in [0.29, 0.717) is 0 Å². The molecule has 1 unspecified atom stereocenters. The minimum absolute atomic E-state index is 0.565. The number of aliphatic hydroxyl groups is 1. The van der Waals surface area contributed by atoms with Gasteiger partial charge in [-0.25, -0.2) is 0 Å². The van der Waals surface area contributed by atoms with Gasteiger partial charge in [-0.3, -0.25) is 0 Å². The van der Waals surface area contributed by atoms with Crippen molar-refractivity contribution in [2.75, 3.05) is 19.3 Å². The lowest BCUT2D eigenvalue weighted by molar-refractivity contribution is 0.0463. The van der Waals surface area contributed by atoms with Crippen LogP contribution in [-0.4, -0.2) is 40.1 Å². The molecule has 1 aliphatic heterocycles. The van der Waals surface area contributed by atoms with Crippen molar-refractivity contribution >= 4 is 16.9 Å². The highest BCUT2D eigenvalue weighted by molar-refractivity contribution is 8.13. The monoisotopic (exact) mass is 227 g/mol. The zero-order valence-electron chi connectivity index (χ0n) is 9.23. The molecule has 0 bridgehead atoms. The van der Waals surface area contributed by atoms with Gasteiger partial charge in [-0.15, -0.1) is 4.99 Å². The quantitative estimate of drug-likeness (QED) is 0.386. The van der Waals surface area contributed by atoms with Crippen LogP contribution in [0, 0.1) is 11.5 Å².